The van der Waals surface area contributed by atoms with Gasteiger partial charge in [0, 0.05) is 19.3 Å². The molecule has 8 nitrogen and oxygen atoms in total. The van der Waals surface area contributed by atoms with Gasteiger partial charge in [-0.3, -0.25) is 14.5 Å². The van der Waals surface area contributed by atoms with Gasteiger partial charge in [-0.15, -0.1) is 5.10 Å². The largest absolute Gasteiger partial charge is 0.495 e. The van der Waals surface area contributed by atoms with E-state index in [1.54, 1.807) is 29.1 Å². The van der Waals surface area contributed by atoms with Gasteiger partial charge in [0.1, 0.15) is 18.1 Å². The lowest BCUT2D eigenvalue weighted by molar-refractivity contribution is -0.143. The van der Waals surface area contributed by atoms with Crippen molar-refractivity contribution < 1.29 is 14.3 Å². The molecule has 0 aromatic carbocycles. The molecule has 1 saturated heterocycles. The van der Waals surface area contributed by atoms with E-state index in [4.69, 9.17) is 9.47 Å². The molecule has 0 aliphatic carbocycles. The Morgan fingerprint density at radius 1 is 1.40 bits per heavy atom. The lowest BCUT2D eigenvalue weighted by atomic mass is 10.2. The summed E-state index contributed by atoms with van der Waals surface area (Å²) >= 11 is 0. The first-order valence-electron chi connectivity index (χ1n) is 8.15. The van der Waals surface area contributed by atoms with Crippen molar-refractivity contribution in [2.75, 3.05) is 26.9 Å². The molecule has 0 saturated carbocycles. The molecule has 3 rings (SSSR count). The van der Waals surface area contributed by atoms with E-state index in [2.05, 4.69) is 21.4 Å². The maximum absolute atomic E-state index is 11.7. The zero-order valence-corrected chi connectivity index (χ0v) is 14.2. The van der Waals surface area contributed by atoms with E-state index < -0.39 is 0 Å². The van der Waals surface area contributed by atoms with Gasteiger partial charge in [0.2, 0.25) is 5.91 Å². The van der Waals surface area contributed by atoms with Gasteiger partial charge >= 0.3 is 0 Å². The smallest absolute Gasteiger partial charge is 0.249 e. The molecule has 2 aromatic rings. The van der Waals surface area contributed by atoms with Crippen LogP contribution in [-0.2, 0) is 22.6 Å². The van der Waals surface area contributed by atoms with E-state index in [0.29, 0.717) is 19.7 Å². The molecule has 132 valence electrons. The molecule has 1 amide bonds. The fourth-order valence-electron chi connectivity index (χ4n) is 2.50. The quantitative estimate of drug-likeness (QED) is 0.750. The summed E-state index contributed by atoms with van der Waals surface area (Å²) in [5, 5.41) is 8.24. The second-order valence-electron chi connectivity index (χ2n) is 5.69. The van der Waals surface area contributed by atoms with Crippen molar-refractivity contribution in [3.05, 3.63) is 42.0 Å². The first-order valence-corrected chi connectivity index (χ1v) is 8.15. The predicted molar refractivity (Wildman–Crippen MR) is 90.7 cm³/mol. The first-order chi connectivity index (χ1) is 12.2. The summed E-state index contributed by atoms with van der Waals surface area (Å²) in [5.41, 5.74) is 1.78. The number of ether oxygens (including phenoxy) is 2. The summed E-state index contributed by atoms with van der Waals surface area (Å²) in [5.74, 6) is 0.733. The number of hydrogen-bond acceptors (Lipinski definition) is 6. The van der Waals surface area contributed by atoms with E-state index in [9.17, 15) is 4.79 Å². The topological polar surface area (TPSA) is 82.4 Å². The van der Waals surface area contributed by atoms with E-state index in [-0.39, 0.29) is 12.5 Å². The van der Waals surface area contributed by atoms with Crippen molar-refractivity contribution >= 4 is 12.0 Å². The average molecular weight is 343 g/mol. The Balaban J connectivity index is 1.48. The van der Waals surface area contributed by atoms with Crippen molar-refractivity contribution in [2.45, 2.75) is 19.5 Å². The van der Waals surface area contributed by atoms with Crippen molar-refractivity contribution in [1.29, 1.82) is 0 Å². The molecule has 8 heteroatoms. The molecule has 0 unspecified atom stereocenters. The molecular formula is C17H21N5O3. The van der Waals surface area contributed by atoms with Crippen LogP contribution < -0.4 is 4.74 Å². The van der Waals surface area contributed by atoms with Crippen LogP contribution in [0.15, 0.2) is 30.7 Å². The van der Waals surface area contributed by atoms with Gasteiger partial charge in [0.15, 0.2) is 0 Å². The highest BCUT2D eigenvalue weighted by Crippen LogP contribution is 2.12. The van der Waals surface area contributed by atoms with Crippen LogP contribution in [0.4, 0.5) is 0 Å². The second kappa shape index (κ2) is 8.39. The van der Waals surface area contributed by atoms with Crippen LogP contribution >= 0.6 is 0 Å². The molecular weight excluding hydrogens is 322 g/mol. The van der Waals surface area contributed by atoms with Crippen molar-refractivity contribution in [1.82, 2.24) is 24.9 Å². The number of morpholine rings is 1. The maximum Gasteiger partial charge on any atom is 0.249 e. The van der Waals surface area contributed by atoms with Crippen molar-refractivity contribution in [3.8, 4) is 5.75 Å². The molecule has 1 aliphatic heterocycles. The molecule has 1 fully saturated rings. The Morgan fingerprint density at radius 3 is 3.16 bits per heavy atom. The molecule has 0 atom stereocenters. The van der Waals surface area contributed by atoms with Crippen LogP contribution in [0.3, 0.4) is 0 Å². The van der Waals surface area contributed by atoms with Gasteiger partial charge in [-0.1, -0.05) is 17.4 Å². The summed E-state index contributed by atoms with van der Waals surface area (Å²) in [4.78, 5) is 17.6. The summed E-state index contributed by atoms with van der Waals surface area (Å²) in [7, 11) is 1.62. The normalized spacial score (nSPS) is 15.1. The number of aryl methyl sites for hydroxylation is 1. The number of methoxy groups -OCH3 is 1. The summed E-state index contributed by atoms with van der Waals surface area (Å²) in [6.07, 6.45) is 10.2. The highest BCUT2D eigenvalue weighted by molar-refractivity contribution is 5.77. The number of allylic oxidation sites excluding steroid dienone is 1. The number of hydrogen-bond donors (Lipinski definition) is 0. The van der Waals surface area contributed by atoms with Gasteiger partial charge < -0.3 is 14.4 Å². The Morgan fingerprint density at radius 2 is 2.32 bits per heavy atom. The number of amides is 1. The van der Waals surface area contributed by atoms with Gasteiger partial charge in [0.25, 0.3) is 0 Å². The fraction of sp³-hybridized carbons (Fsp3) is 0.412. The Labute approximate surface area is 146 Å². The number of aromatic nitrogens is 4. The van der Waals surface area contributed by atoms with Crippen LogP contribution in [0.25, 0.3) is 6.08 Å². The number of rotatable bonds is 7. The number of carbonyl (C=O) groups excluding carboxylic acids is 1. The Kier molecular flexibility index (Phi) is 5.73. The SMILES string of the molecule is COc1cncc(/C=C/CCn2cc(CN3CCOCC3=O)nn2)c1. The average Bonchev–Trinajstić information content (AvgIpc) is 3.08. The third-order valence-electron chi connectivity index (χ3n) is 3.83. The molecule has 0 bridgehead atoms. The van der Waals surface area contributed by atoms with Crippen LogP contribution in [-0.4, -0.2) is 57.7 Å². The number of nitrogens with zero attached hydrogens (tertiary/aromatic N) is 5. The van der Waals surface area contributed by atoms with Crippen LogP contribution in [0.1, 0.15) is 17.7 Å². The fourth-order valence-corrected chi connectivity index (χ4v) is 2.50. The molecule has 3 heterocycles. The standard InChI is InChI=1S/C17H21N5O3/c1-24-16-8-14(9-18-10-16)4-2-3-5-22-12-15(19-20-22)11-21-6-7-25-13-17(21)23/h2,4,8-10,12H,3,5-7,11,13H2,1H3/b4-2+. The van der Waals surface area contributed by atoms with Crippen LogP contribution in [0, 0.1) is 0 Å². The van der Waals surface area contributed by atoms with Crippen molar-refractivity contribution in [2.24, 2.45) is 0 Å². The third-order valence-corrected chi connectivity index (χ3v) is 3.83. The molecule has 25 heavy (non-hydrogen) atoms. The van der Waals surface area contributed by atoms with E-state index in [1.165, 1.54) is 0 Å². The Hall–Kier alpha value is -2.74. The third kappa shape index (κ3) is 4.87. The summed E-state index contributed by atoms with van der Waals surface area (Å²) in [6.45, 7) is 2.52. The second-order valence-corrected chi connectivity index (χ2v) is 5.69. The van der Waals surface area contributed by atoms with Crippen LogP contribution in [0.2, 0.25) is 0 Å². The zero-order chi connectivity index (χ0) is 17.5. The molecule has 0 radical (unpaired) electrons. The Bertz CT molecular complexity index is 743. The minimum absolute atomic E-state index is 0.00404. The molecule has 2 aromatic heterocycles. The molecule has 0 N–H and O–H groups in total. The van der Waals surface area contributed by atoms with Gasteiger partial charge in [0.05, 0.1) is 32.7 Å². The minimum Gasteiger partial charge on any atom is -0.495 e. The molecule has 0 spiro atoms. The lowest BCUT2D eigenvalue weighted by Gasteiger charge is -2.25. The van der Waals surface area contributed by atoms with Crippen molar-refractivity contribution in [3.63, 3.8) is 0 Å². The van der Waals surface area contributed by atoms with E-state index >= 15 is 0 Å². The molecule has 1 aliphatic rings. The highest BCUT2D eigenvalue weighted by atomic mass is 16.5. The zero-order valence-electron chi connectivity index (χ0n) is 14.2. The predicted octanol–water partition coefficient (Wildman–Crippen LogP) is 1.14. The van der Waals surface area contributed by atoms with E-state index in [1.807, 2.05) is 18.3 Å². The van der Waals surface area contributed by atoms with Crippen LogP contribution in [0.5, 0.6) is 5.75 Å². The lowest BCUT2D eigenvalue weighted by Crippen LogP contribution is -2.41. The van der Waals surface area contributed by atoms with Gasteiger partial charge in [-0.25, -0.2) is 0 Å². The highest BCUT2D eigenvalue weighted by Gasteiger charge is 2.19. The first kappa shape index (κ1) is 17.1. The maximum atomic E-state index is 11.7. The minimum atomic E-state index is -0.00404. The number of carbonyl (C=O) groups is 1. The number of pyridine rings is 1. The summed E-state index contributed by atoms with van der Waals surface area (Å²) in [6, 6.07) is 1.93. The van der Waals surface area contributed by atoms with Gasteiger partial charge in [-0.05, 0) is 18.1 Å². The van der Waals surface area contributed by atoms with Gasteiger partial charge in [-0.2, -0.15) is 0 Å². The van der Waals surface area contributed by atoms with E-state index in [0.717, 1.165) is 30.0 Å². The monoisotopic (exact) mass is 343 g/mol. The summed E-state index contributed by atoms with van der Waals surface area (Å²) < 4.78 is 12.1.